The summed E-state index contributed by atoms with van der Waals surface area (Å²) in [6, 6.07) is 5.20. The van der Waals surface area contributed by atoms with Crippen molar-refractivity contribution in [2.45, 2.75) is 69.2 Å². The van der Waals surface area contributed by atoms with Crippen molar-refractivity contribution >= 4 is 17.7 Å². The van der Waals surface area contributed by atoms with E-state index < -0.39 is 17.9 Å². The quantitative estimate of drug-likeness (QED) is 0.637. The van der Waals surface area contributed by atoms with Crippen molar-refractivity contribution in [1.29, 1.82) is 0 Å². The number of hydrogen-bond acceptors (Lipinski definition) is 7. The molecule has 4 heterocycles. The minimum Gasteiger partial charge on any atom is -0.489 e. The highest BCUT2D eigenvalue weighted by molar-refractivity contribution is 6.05. The van der Waals surface area contributed by atoms with Crippen LogP contribution in [0.2, 0.25) is 0 Å². The molecule has 3 atom stereocenters. The van der Waals surface area contributed by atoms with Crippen LogP contribution in [0.3, 0.4) is 0 Å². The molecule has 1 aromatic heterocycles. The van der Waals surface area contributed by atoms with Gasteiger partial charge >= 0.3 is 0 Å². The number of fused-ring (bicyclic) bond motifs is 1. The Morgan fingerprint density at radius 3 is 2.64 bits per heavy atom. The molecule has 0 bridgehead atoms. The van der Waals surface area contributed by atoms with Gasteiger partial charge in [-0.3, -0.25) is 29.6 Å². The Balaban J connectivity index is 1.11. The average Bonchev–Trinajstić information content (AvgIpc) is 3.16. The number of amides is 3. The smallest absolute Gasteiger partial charge is 0.255 e. The second-order valence-electron chi connectivity index (χ2n) is 10.1. The second-order valence-corrected chi connectivity index (χ2v) is 10.1. The van der Waals surface area contributed by atoms with Gasteiger partial charge in [-0.1, -0.05) is 6.42 Å². The topological polar surface area (TPSA) is 105 Å². The molecule has 36 heavy (non-hydrogen) atoms. The molecule has 0 spiro atoms. The molecule has 0 radical (unpaired) electrons. The van der Waals surface area contributed by atoms with E-state index in [-0.39, 0.29) is 30.3 Å². The molecule has 2 aromatic rings. The van der Waals surface area contributed by atoms with Crippen molar-refractivity contribution in [2.75, 3.05) is 13.1 Å². The van der Waals surface area contributed by atoms with Gasteiger partial charge in [-0.25, -0.2) is 4.98 Å². The third-order valence-corrected chi connectivity index (χ3v) is 7.89. The number of halogens is 1. The highest BCUT2D eigenvalue weighted by Gasteiger charge is 2.41. The first kappa shape index (κ1) is 23.0. The fourth-order valence-electron chi connectivity index (χ4n) is 5.93. The first-order valence-electron chi connectivity index (χ1n) is 12.6. The first-order chi connectivity index (χ1) is 17.5. The van der Waals surface area contributed by atoms with E-state index in [1.165, 1.54) is 12.4 Å². The molecule has 3 amide bonds. The number of piperidine rings is 1. The Morgan fingerprint density at radius 1 is 1.03 bits per heavy atom. The van der Waals surface area contributed by atoms with E-state index in [9.17, 15) is 18.8 Å². The van der Waals surface area contributed by atoms with Crippen LogP contribution in [-0.4, -0.2) is 68.8 Å². The Bertz CT molecular complexity index is 1200. The monoisotopic (exact) mass is 493 g/mol. The number of likely N-dealkylation sites (tertiary alicyclic amines) is 1. The molecular weight excluding hydrogens is 465 g/mol. The Kier molecular flexibility index (Phi) is 5.91. The summed E-state index contributed by atoms with van der Waals surface area (Å²) in [7, 11) is 0. The van der Waals surface area contributed by atoms with Crippen LogP contribution in [0.1, 0.15) is 66.1 Å². The first-order valence-corrected chi connectivity index (χ1v) is 12.6. The lowest BCUT2D eigenvalue weighted by atomic mass is 9.86. The lowest BCUT2D eigenvalue weighted by molar-refractivity contribution is -0.136. The van der Waals surface area contributed by atoms with Crippen LogP contribution < -0.4 is 10.1 Å². The van der Waals surface area contributed by atoms with Gasteiger partial charge in [-0.15, -0.1) is 0 Å². The highest BCUT2D eigenvalue weighted by Crippen LogP contribution is 2.36. The van der Waals surface area contributed by atoms with Crippen LogP contribution >= 0.6 is 0 Å². The molecule has 2 saturated heterocycles. The predicted molar refractivity (Wildman–Crippen MR) is 125 cm³/mol. The van der Waals surface area contributed by atoms with Crippen LogP contribution in [0.15, 0.2) is 30.6 Å². The largest absolute Gasteiger partial charge is 0.489 e. The normalized spacial score (nSPS) is 27.0. The predicted octanol–water partition coefficient (Wildman–Crippen LogP) is 2.17. The fourth-order valence-corrected chi connectivity index (χ4v) is 5.93. The molecule has 1 aliphatic carbocycles. The SMILES string of the molecule is O=C1CCC(N2Cc3cc(OC4CCCCC4N4CC(c5cnc(F)cn5)C4)ccc3C2=O)C(=O)N1. The number of rotatable bonds is 5. The van der Waals surface area contributed by atoms with Crippen LogP contribution in [0.4, 0.5) is 4.39 Å². The second kappa shape index (κ2) is 9.24. The minimum atomic E-state index is -0.625. The standard InChI is InChI=1S/C26H28FN5O4/c27-23-11-28-19(10-29-23)16-12-31(13-16)20-3-1-2-4-22(20)36-17-5-6-18-15(9-17)14-32(26(18)35)21-7-8-24(33)30-25(21)34/h5-6,9-11,16,20-22H,1-4,7-8,12-14H2,(H,30,33,34). The van der Waals surface area contributed by atoms with Gasteiger partial charge < -0.3 is 9.64 Å². The third kappa shape index (κ3) is 4.23. The molecule has 3 fully saturated rings. The van der Waals surface area contributed by atoms with Gasteiger partial charge in [0.05, 0.1) is 18.1 Å². The van der Waals surface area contributed by atoms with Gasteiger partial charge in [0.2, 0.25) is 17.8 Å². The molecule has 4 aliphatic rings. The van der Waals surface area contributed by atoms with Gasteiger partial charge in [0.25, 0.3) is 5.91 Å². The van der Waals surface area contributed by atoms with Gasteiger partial charge in [0, 0.05) is 43.6 Å². The van der Waals surface area contributed by atoms with Crippen molar-refractivity contribution < 1.29 is 23.5 Å². The zero-order valence-corrected chi connectivity index (χ0v) is 19.9. The number of hydrogen-bond donors (Lipinski definition) is 1. The number of ether oxygens (including phenoxy) is 1. The molecule has 10 heteroatoms. The van der Waals surface area contributed by atoms with E-state index in [0.717, 1.165) is 55.8 Å². The van der Waals surface area contributed by atoms with E-state index in [2.05, 4.69) is 20.2 Å². The molecule has 3 unspecified atom stereocenters. The number of carbonyl (C=O) groups excluding carboxylic acids is 3. The van der Waals surface area contributed by atoms with Crippen molar-refractivity contribution in [3.05, 3.63) is 53.4 Å². The summed E-state index contributed by atoms with van der Waals surface area (Å²) in [5, 5.41) is 2.34. The summed E-state index contributed by atoms with van der Waals surface area (Å²) in [4.78, 5) is 48.6. The van der Waals surface area contributed by atoms with Crippen molar-refractivity contribution in [2.24, 2.45) is 0 Å². The summed E-state index contributed by atoms with van der Waals surface area (Å²) in [6.45, 7) is 2.03. The Labute approximate surface area is 208 Å². The van der Waals surface area contributed by atoms with Crippen molar-refractivity contribution in [3.8, 4) is 5.75 Å². The average molecular weight is 494 g/mol. The zero-order chi connectivity index (χ0) is 24.8. The molecule has 188 valence electrons. The molecule has 1 aromatic carbocycles. The van der Waals surface area contributed by atoms with Gasteiger partial charge in [-0.2, -0.15) is 4.39 Å². The zero-order valence-electron chi connectivity index (χ0n) is 19.9. The molecule has 9 nitrogen and oxygen atoms in total. The maximum atomic E-state index is 13.1. The minimum absolute atomic E-state index is 0.0420. The summed E-state index contributed by atoms with van der Waals surface area (Å²) in [5.74, 6) is -0.468. The van der Waals surface area contributed by atoms with E-state index >= 15 is 0 Å². The number of imide groups is 1. The third-order valence-electron chi connectivity index (χ3n) is 7.89. The van der Waals surface area contributed by atoms with Gasteiger partial charge in [0.1, 0.15) is 17.9 Å². The molecule has 3 aliphatic heterocycles. The Hall–Kier alpha value is -3.40. The fraction of sp³-hybridized carbons (Fsp3) is 0.500. The molecular formula is C26H28FN5O4. The van der Waals surface area contributed by atoms with Crippen molar-refractivity contribution in [1.82, 2.24) is 25.1 Å². The summed E-state index contributed by atoms with van der Waals surface area (Å²) in [5.41, 5.74) is 2.25. The maximum Gasteiger partial charge on any atom is 0.255 e. The van der Waals surface area contributed by atoms with E-state index in [4.69, 9.17) is 4.74 Å². The van der Waals surface area contributed by atoms with E-state index in [1.54, 1.807) is 11.0 Å². The lowest BCUT2D eigenvalue weighted by Crippen LogP contribution is -2.57. The Morgan fingerprint density at radius 2 is 1.86 bits per heavy atom. The summed E-state index contributed by atoms with van der Waals surface area (Å²) < 4.78 is 19.6. The van der Waals surface area contributed by atoms with Crippen LogP contribution in [0.25, 0.3) is 0 Å². The van der Waals surface area contributed by atoms with Crippen LogP contribution in [-0.2, 0) is 16.1 Å². The lowest BCUT2D eigenvalue weighted by Gasteiger charge is -2.48. The number of aromatic nitrogens is 2. The highest BCUT2D eigenvalue weighted by atomic mass is 19.1. The number of nitrogens with one attached hydrogen (secondary N) is 1. The maximum absolute atomic E-state index is 13.1. The van der Waals surface area contributed by atoms with Crippen LogP contribution in [0.5, 0.6) is 5.75 Å². The summed E-state index contributed by atoms with van der Waals surface area (Å²) in [6.07, 6.45) is 7.59. The van der Waals surface area contributed by atoms with Gasteiger partial charge in [-0.05, 0) is 49.4 Å². The van der Waals surface area contributed by atoms with E-state index in [1.807, 2.05) is 12.1 Å². The molecule has 1 saturated carbocycles. The number of carbonyl (C=O) groups is 3. The summed E-state index contributed by atoms with van der Waals surface area (Å²) >= 11 is 0. The van der Waals surface area contributed by atoms with E-state index in [0.29, 0.717) is 24.6 Å². The molecule has 1 N–H and O–H groups in total. The number of nitrogens with zero attached hydrogens (tertiary/aromatic N) is 4. The molecule has 6 rings (SSSR count). The van der Waals surface area contributed by atoms with Gasteiger partial charge in [0.15, 0.2) is 0 Å². The number of benzene rings is 1. The van der Waals surface area contributed by atoms with Crippen LogP contribution in [0, 0.1) is 5.95 Å². The van der Waals surface area contributed by atoms with Crippen molar-refractivity contribution in [3.63, 3.8) is 0 Å².